The monoisotopic (exact) mass is 300 g/mol. The van der Waals surface area contributed by atoms with Crippen molar-refractivity contribution in [2.24, 2.45) is 0 Å². The van der Waals surface area contributed by atoms with E-state index in [1.165, 1.54) is 45.3 Å². The number of carboxylic acids is 1. The van der Waals surface area contributed by atoms with Crippen molar-refractivity contribution in [1.29, 1.82) is 0 Å². The second-order valence-electron chi connectivity index (χ2n) is 4.14. The fourth-order valence-electron chi connectivity index (χ4n) is 1.45. The zero-order valence-corrected chi connectivity index (χ0v) is 12.1. The molecule has 20 heavy (non-hydrogen) atoms. The lowest BCUT2D eigenvalue weighted by molar-refractivity contribution is -0.140. The highest BCUT2D eigenvalue weighted by Gasteiger charge is 2.29. The van der Waals surface area contributed by atoms with Crippen LogP contribution < -0.4 is 5.32 Å². The molecule has 1 unspecified atom stereocenters. The highest BCUT2D eigenvalue weighted by atomic mass is 32.2. The molecule has 0 bridgehead atoms. The molecule has 0 aliphatic heterocycles. The lowest BCUT2D eigenvalue weighted by Crippen LogP contribution is -2.40. The van der Waals surface area contributed by atoms with Crippen molar-refractivity contribution in [2.75, 3.05) is 14.1 Å². The van der Waals surface area contributed by atoms with Gasteiger partial charge in [-0.15, -0.1) is 0 Å². The zero-order chi connectivity index (χ0) is 15.5. The summed E-state index contributed by atoms with van der Waals surface area (Å²) in [6.07, 6.45) is 0. The van der Waals surface area contributed by atoms with E-state index in [1.807, 2.05) is 0 Å². The van der Waals surface area contributed by atoms with Crippen LogP contribution >= 0.6 is 0 Å². The van der Waals surface area contributed by atoms with Gasteiger partial charge in [0.25, 0.3) is 5.91 Å². The number of carbonyl (C=O) groups excluding carboxylic acids is 1. The van der Waals surface area contributed by atoms with Crippen LogP contribution in [0.1, 0.15) is 17.3 Å². The van der Waals surface area contributed by atoms with Crippen LogP contribution in [0.4, 0.5) is 0 Å². The van der Waals surface area contributed by atoms with Crippen LogP contribution in [0.15, 0.2) is 29.2 Å². The molecule has 0 aliphatic rings. The minimum atomic E-state index is -3.91. The number of aliphatic carboxylic acids is 1. The van der Waals surface area contributed by atoms with Gasteiger partial charge in [0.05, 0.1) is 4.90 Å². The minimum Gasteiger partial charge on any atom is -0.480 e. The Labute approximate surface area is 117 Å². The quantitative estimate of drug-likeness (QED) is 0.805. The van der Waals surface area contributed by atoms with Crippen molar-refractivity contribution in [3.63, 3.8) is 0 Å². The van der Waals surface area contributed by atoms with E-state index < -0.39 is 22.0 Å². The summed E-state index contributed by atoms with van der Waals surface area (Å²) < 4.78 is 25.1. The topological polar surface area (TPSA) is 104 Å². The van der Waals surface area contributed by atoms with Crippen LogP contribution in [-0.2, 0) is 14.8 Å². The normalized spacial score (nSPS) is 13.0. The second kappa shape index (κ2) is 6.02. The molecule has 1 amide bonds. The van der Waals surface area contributed by atoms with E-state index in [-0.39, 0.29) is 10.8 Å². The number of carboxylic acid groups (broad SMARTS) is 1. The highest BCUT2D eigenvalue weighted by molar-refractivity contribution is 7.89. The predicted octanol–water partition coefficient (Wildman–Crippen LogP) is 0.140. The molecule has 1 aromatic carbocycles. The van der Waals surface area contributed by atoms with Gasteiger partial charge in [-0.2, -0.15) is 4.31 Å². The third-order valence-corrected chi connectivity index (χ3v) is 4.87. The molecule has 0 heterocycles. The first-order valence-corrected chi connectivity index (χ1v) is 7.18. The van der Waals surface area contributed by atoms with Gasteiger partial charge in [-0.3, -0.25) is 9.59 Å². The zero-order valence-electron chi connectivity index (χ0n) is 11.3. The molecule has 1 rings (SSSR count). The van der Waals surface area contributed by atoms with Crippen LogP contribution in [0.25, 0.3) is 0 Å². The van der Waals surface area contributed by atoms with Crippen molar-refractivity contribution in [3.8, 4) is 0 Å². The third-order valence-electron chi connectivity index (χ3n) is 2.92. The maximum Gasteiger partial charge on any atom is 0.321 e. The third kappa shape index (κ3) is 3.14. The number of rotatable bonds is 5. The number of sulfonamides is 1. The number of nitrogens with zero attached hydrogens (tertiary/aromatic N) is 1. The lowest BCUT2D eigenvalue weighted by atomic mass is 10.2. The highest BCUT2D eigenvalue weighted by Crippen LogP contribution is 2.17. The number of nitrogens with one attached hydrogen (secondary N) is 1. The standard InChI is InChI=1S/C12H16N2O5S/c1-8(12(16)17)14(3)20(18,19)10-6-4-9(5-7-10)11(15)13-2/h4-8H,1-3H3,(H,13,15)(H,16,17). The summed E-state index contributed by atoms with van der Waals surface area (Å²) in [5.41, 5.74) is 0.320. The van der Waals surface area contributed by atoms with E-state index in [0.29, 0.717) is 5.56 Å². The Bertz CT molecular complexity index is 609. The maximum absolute atomic E-state index is 12.2. The molecule has 0 fully saturated rings. The van der Waals surface area contributed by atoms with E-state index >= 15 is 0 Å². The Kier molecular flexibility index (Phi) is 4.85. The summed E-state index contributed by atoms with van der Waals surface area (Å²) in [5.74, 6) is -1.57. The molecule has 1 atom stereocenters. The van der Waals surface area contributed by atoms with E-state index in [2.05, 4.69) is 5.32 Å². The van der Waals surface area contributed by atoms with Gasteiger partial charge in [0, 0.05) is 19.7 Å². The molecule has 0 aromatic heterocycles. The van der Waals surface area contributed by atoms with E-state index in [9.17, 15) is 18.0 Å². The summed E-state index contributed by atoms with van der Waals surface area (Å²) in [7, 11) is -1.25. The number of hydrogen-bond acceptors (Lipinski definition) is 4. The Balaban J connectivity index is 3.10. The Hall–Kier alpha value is -1.93. The van der Waals surface area contributed by atoms with Gasteiger partial charge in [-0.1, -0.05) is 0 Å². The molecular weight excluding hydrogens is 284 g/mol. The van der Waals surface area contributed by atoms with Crippen LogP contribution in [0.3, 0.4) is 0 Å². The number of carbonyl (C=O) groups is 2. The van der Waals surface area contributed by atoms with Crippen molar-refractivity contribution in [3.05, 3.63) is 29.8 Å². The Morgan fingerprint density at radius 2 is 1.75 bits per heavy atom. The molecule has 0 aliphatic carbocycles. The maximum atomic E-state index is 12.2. The van der Waals surface area contributed by atoms with E-state index in [4.69, 9.17) is 5.11 Å². The first-order valence-electron chi connectivity index (χ1n) is 5.74. The molecule has 110 valence electrons. The molecule has 0 saturated carbocycles. The molecule has 8 heteroatoms. The lowest BCUT2D eigenvalue weighted by Gasteiger charge is -2.21. The smallest absolute Gasteiger partial charge is 0.321 e. The van der Waals surface area contributed by atoms with Gasteiger partial charge in [0.2, 0.25) is 10.0 Å². The van der Waals surface area contributed by atoms with Gasteiger partial charge in [0.15, 0.2) is 0 Å². The molecule has 7 nitrogen and oxygen atoms in total. The summed E-state index contributed by atoms with van der Waals surface area (Å²) in [6, 6.07) is 4.09. The van der Waals surface area contributed by atoms with Crippen LogP contribution in [0.5, 0.6) is 0 Å². The first-order chi connectivity index (χ1) is 9.21. The molecule has 0 radical (unpaired) electrons. The first kappa shape index (κ1) is 16.1. The van der Waals surface area contributed by atoms with E-state index in [0.717, 1.165) is 4.31 Å². The minimum absolute atomic E-state index is 0.0687. The SMILES string of the molecule is CNC(=O)c1ccc(S(=O)(=O)N(C)C(C)C(=O)O)cc1. The molecular formula is C12H16N2O5S. The average Bonchev–Trinajstić information content (AvgIpc) is 2.44. The molecule has 0 spiro atoms. The number of likely N-dealkylation sites (N-methyl/N-ethyl adjacent to an activating group) is 1. The summed E-state index contributed by atoms with van der Waals surface area (Å²) in [6.45, 7) is 1.28. The molecule has 1 aromatic rings. The van der Waals surface area contributed by atoms with Gasteiger partial charge >= 0.3 is 5.97 Å². The van der Waals surface area contributed by atoms with Crippen molar-refractivity contribution < 1.29 is 23.1 Å². The summed E-state index contributed by atoms with van der Waals surface area (Å²) in [4.78, 5) is 22.1. The van der Waals surface area contributed by atoms with Gasteiger partial charge in [-0.25, -0.2) is 8.42 Å². The van der Waals surface area contributed by atoms with Crippen LogP contribution in [-0.4, -0.2) is 49.8 Å². The van der Waals surface area contributed by atoms with E-state index in [1.54, 1.807) is 0 Å². The number of benzene rings is 1. The second-order valence-corrected chi connectivity index (χ2v) is 6.14. The fraction of sp³-hybridized carbons (Fsp3) is 0.333. The fourth-order valence-corrected chi connectivity index (χ4v) is 2.77. The molecule has 2 N–H and O–H groups in total. The number of amides is 1. The van der Waals surface area contributed by atoms with Crippen molar-refractivity contribution in [1.82, 2.24) is 9.62 Å². The Morgan fingerprint density at radius 1 is 1.25 bits per heavy atom. The number of hydrogen-bond donors (Lipinski definition) is 2. The van der Waals surface area contributed by atoms with Gasteiger partial charge in [-0.05, 0) is 31.2 Å². The Morgan fingerprint density at radius 3 is 2.15 bits per heavy atom. The van der Waals surface area contributed by atoms with Crippen molar-refractivity contribution >= 4 is 21.9 Å². The van der Waals surface area contributed by atoms with Gasteiger partial charge < -0.3 is 10.4 Å². The van der Waals surface area contributed by atoms with Gasteiger partial charge in [0.1, 0.15) is 6.04 Å². The summed E-state index contributed by atoms with van der Waals surface area (Å²) in [5, 5.41) is 11.3. The predicted molar refractivity (Wildman–Crippen MR) is 71.9 cm³/mol. The summed E-state index contributed by atoms with van der Waals surface area (Å²) >= 11 is 0. The van der Waals surface area contributed by atoms with Crippen LogP contribution in [0, 0.1) is 0 Å². The molecule has 0 saturated heterocycles. The van der Waals surface area contributed by atoms with Crippen molar-refractivity contribution in [2.45, 2.75) is 17.9 Å². The largest absolute Gasteiger partial charge is 0.480 e. The average molecular weight is 300 g/mol. The van der Waals surface area contributed by atoms with Crippen LogP contribution in [0.2, 0.25) is 0 Å².